The SMILES string of the molecule is CC1=CC(=O)[C@H]2/C(C=O)=C\C[C@H]3[C@@H]([C@@H](C)/C=C\C=C/C(=O)OCCOCCOCCOC(=O)CC45CC6CC(CC(C6)C4)C5)CC[C@]3(C)C[C@H]12. The third-order valence-electron chi connectivity index (χ3n) is 13.4. The van der Waals surface area contributed by atoms with E-state index < -0.39 is 5.97 Å². The normalized spacial score (nSPS) is 37.5. The molecule has 0 saturated heterocycles. The first-order chi connectivity index (χ1) is 24.1. The van der Waals surface area contributed by atoms with Gasteiger partial charge in [-0.05, 0) is 135 Å². The summed E-state index contributed by atoms with van der Waals surface area (Å²) in [5.41, 5.74) is 2.08. The minimum atomic E-state index is -0.415. The standard InChI is InChI=1S/C42H58O8/c1-28(34-10-11-41(3)25-35-29(2)18-37(44)40(35)33(27-43)8-9-36(34)41)6-4-5-7-38(45)49-16-14-47-12-13-48-15-17-50-39(46)26-42-22-30-19-31(23-42)21-32(20-30)24-42/h4-8,18,27-28,30-32,34-36,40H,9-17,19-26H2,1-3H3/b6-4-,7-5-,33-8-/t28-,30?,31?,32?,34+,35+,36-,40-,41+,42?/m0/s1. The predicted molar refractivity (Wildman–Crippen MR) is 190 cm³/mol. The average molecular weight is 691 g/mol. The number of hydrogen-bond donors (Lipinski definition) is 0. The molecule has 8 nitrogen and oxygen atoms in total. The number of carbonyl (C=O) groups is 4. The number of rotatable bonds is 16. The van der Waals surface area contributed by atoms with Gasteiger partial charge in [0.1, 0.15) is 19.5 Å². The van der Waals surface area contributed by atoms with Crippen LogP contribution in [0, 0.1) is 58.2 Å². The number of fused-ring (bicyclic) bond motifs is 2. The summed E-state index contributed by atoms with van der Waals surface area (Å²) in [6.07, 6.45) is 24.2. The zero-order chi connectivity index (χ0) is 35.3. The Morgan fingerprint density at radius 2 is 1.56 bits per heavy atom. The molecule has 5 fully saturated rings. The molecule has 0 unspecified atom stereocenters. The monoisotopic (exact) mass is 690 g/mol. The smallest absolute Gasteiger partial charge is 0.330 e. The highest BCUT2D eigenvalue weighted by Crippen LogP contribution is 2.61. The van der Waals surface area contributed by atoms with Crippen LogP contribution >= 0.6 is 0 Å². The van der Waals surface area contributed by atoms with Gasteiger partial charge in [0.25, 0.3) is 0 Å². The zero-order valence-corrected chi connectivity index (χ0v) is 30.4. The van der Waals surface area contributed by atoms with E-state index in [1.165, 1.54) is 44.6 Å². The molecule has 0 aromatic rings. The average Bonchev–Trinajstić information content (AvgIpc) is 3.51. The first-order valence-electron chi connectivity index (χ1n) is 19.3. The molecular weight excluding hydrogens is 632 g/mol. The van der Waals surface area contributed by atoms with E-state index in [0.717, 1.165) is 55.3 Å². The van der Waals surface area contributed by atoms with E-state index in [0.29, 0.717) is 49.6 Å². The Hall–Kier alpha value is -2.84. The molecule has 0 spiro atoms. The van der Waals surface area contributed by atoms with Crippen LogP contribution in [0.1, 0.15) is 91.4 Å². The molecule has 0 N–H and O–H groups in total. The molecule has 0 aromatic carbocycles. The van der Waals surface area contributed by atoms with E-state index in [1.54, 1.807) is 12.2 Å². The van der Waals surface area contributed by atoms with Crippen molar-refractivity contribution in [1.29, 1.82) is 0 Å². The molecule has 7 aliphatic rings. The quantitative estimate of drug-likeness (QED) is 0.0552. The van der Waals surface area contributed by atoms with Gasteiger partial charge >= 0.3 is 11.9 Å². The molecule has 0 aromatic heterocycles. The van der Waals surface area contributed by atoms with Gasteiger partial charge < -0.3 is 18.9 Å². The summed E-state index contributed by atoms with van der Waals surface area (Å²) in [6.45, 7) is 8.45. The van der Waals surface area contributed by atoms with Gasteiger partial charge in [0.05, 0.1) is 38.8 Å². The lowest BCUT2D eigenvalue weighted by Gasteiger charge is -2.56. The summed E-state index contributed by atoms with van der Waals surface area (Å²) in [5.74, 6) is 3.09. The van der Waals surface area contributed by atoms with Crippen molar-refractivity contribution in [3.8, 4) is 0 Å². The second-order valence-electron chi connectivity index (χ2n) is 16.9. The summed E-state index contributed by atoms with van der Waals surface area (Å²) in [5, 5.41) is 0. The largest absolute Gasteiger partial charge is 0.463 e. The maximum atomic E-state index is 12.7. The van der Waals surface area contributed by atoms with Crippen molar-refractivity contribution in [2.75, 3.05) is 39.6 Å². The van der Waals surface area contributed by atoms with Gasteiger partial charge in [-0.1, -0.05) is 43.7 Å². The Kier molecular flexibility index (Phi) is 12.0. The Morgan fingerprint density at radius 1 is 0.920 bits per heavy atom. The Bertz CT molecular complexity index is 1350. The number of aldehydes is 1. The fourth-order valence-corrected chi connectivity index (χ4v) is 11.5. The van der Waals surface area contributed by atoms with Crippen molar-refractivity contribution in [1.82, 2.24) is 0 Å². The van der Waals surface area contributed by atoms with Crippen molar-refractivity contribution in [3.63, 3.8) is 0 Å². The number of ketones is 1. The Balaban J connectivity index is 0.816. The summed E-state index contributed by atoms with van der Waals surface area (Å²) in [7, 11) is 0. The van der Waals surface area contributed by atoms with Crippen LogP contribution in [0.5, 0.6) is 0 Å². The van der Waals surface area contributed by atoms with Crippen LogP contribution in [-0.2, 0) is 38.1 Å². The van der Waals surface area contributed by atoms with Crippen LogP contribution in [-0.4, -0.2) is 63.6 Å². The number of allylic oxidation sites excluding steroid dienone is 7. The van der Waals surface area contributed by atoms with Crippen LogP contribution < -0.4 is 0 Å². The highest BCUT2D eigenvalue weighted by molar-refractivity contribution is 6.01. The van der Waals surface area contributed by atoms with Crippen LogP contribution in [0.3, 0.4) is 0 Å². The number of carbonyl (C=O) groups excluding carboxylic acids is 4. The van der Waals surface area contributed by atoms with Gasteiger partial charge in [-0.2, -0.15) is 0 Å². The maximum Gasteiger partial charge on any atom is 0.330 e. The summed E-state index contributed by atoms with van der Waals surface area (Å²) in [4.78, 5) is 49.4. The predicted octanol–water partition coefficient (Wildman–Crippen LogP) is 7.17. The molecule has 274 valence electrons. The van der Waals surface area contributed by atoms with Gasteiger partial charge in [-0.3, -0.25) is 14.4 Å². The summed E-state index contributed by atoms with van der Waals surface area (Å²) >= 11 is 0. The Morgan fingerprint density at radius 3 is 2.22 bits per heavy atom. The first kappa shape index (κ1) is 36.9. The molecule has 8 heteroatoms. The summed E-state index contributed by atoms with van der Waals surface area (Å²) in [6, 6.07) is 0. The van der Waals surface area contributed by atoms with E-state index >= 15 is 0 Å². The highest BCUT2D eigenvalue weighted by atomic mass is 16.6. The van der Waals surface area contributed by atoms with Crippen molar-refractivity contribution >= 4 is 24.0 Å². The van der Waals surface area contributed by atoms with E-state index in [4.69, 9.17) is 18.9 Å². The second-order valence-corrected chi connectivity index (χ2v) is 16.9. The molecular formula is C42H58O8. The topological polar surface area (TPSA) is 105 Å². The van der Waals surface area contributed by atoms with E-state index in [9.17, 15) is 19.2 Å². The van der Waals surface area contributed by atoms with Crippen molar-refractivity contribution in [2.45, 2.75) is 91.4 Å². The van der Waals surface area contributed by atoms with E-state index in [1.807, 2.05) is 19.1 Å². The summed E-state index contributed by atoms with van der Waals surface area (Å²) < 4.78 is 21.8. The number of hydrogen-bond acceptors (Lipinski definition) is 8. The molecule has 7 aliphatic carbocycles. The highest BCUT2D eigenvalue weighted by Gasteiger charge is 2.52. The molecule has 0 aliphatic heterocycles. The lowest BCUT2D eigenvalue weighted by molar-refractivity contribution is -0.153. The van der Waals surface area contributed by atoms with Gasteiger partial charge in [-0.15, -0.1) is 0 Å². The van der Waals surface area contributed by atoms with Crippen LogP contribution in [0.4, 0.5) is 0 Å². The molecule has 0 heterocycles. The van der Waals surface area contributed by atoms with Crippen LogP contribution in [0.15, 0.2) is 47.6 Å². The lowest BCUT2D eigenvalue weighted by Crippen LogP contribution is -2.47. The number of ether oxygens (including phenoxy) is 4. The van der Waals surface area contributed by atoms with Gasteiger partial charge in [0.2, 0.25) is 0 Å². The van der Waals surface area contributed by atoms with Crippen LogP contribution in [0.25, 0.3) is 0 Å². The van der Waals surface area contributed by atoms with Crippen molar-refractivity contribution in [3.05, 3.63) is 47.6 Å². The number of esters is 2. The van der Waals surface area contributed by atoms with E-state index in [-0.39, 0.29) is 54.2 Å². The third-order valence-corrected chi connectivity index (χ3v) is 13.4. The molecule has 0 radical (unpaired) electrons. The Labute approximate surface area is 298 Å². The fourth-order valence-electron chi connectivity index (χ4n) is 11.5. The molecule has 0 amide bonds. The van der Waals surface area contributed by atoms with Crippen molar-refractivity contribution in [2.24, 2.45) is 58.2 Å². The molecule has 5 saturated carbocycles. The lowest BCUT2D eigenvalue weighted by atomic mass is 9.49. The van der Waals surface area contributed by atoms with Gasteiger partial charge in [0.15, 0.2) is 5.78 Å². The van der Waals surface area contributed by atoms with Gasteiger partial charge in [0, 0.05) is 6.08 Å². The molecule has 4 bridgehead atoms. The minimum absolute atomic E-state index is 0.0787. The molecule has 50 heavy (non-hydrogen) atoms. The van der Waals surface area contributed by atoms with E-state index in [2.05, 4.69) is 19.9 Å². The molecule has 7 rings (SSSR count). The van der Waals surface area contributed by atoms with Gasteiger partial charge in [-0.25, -0.2) is 4.79 Å². The minimum Gasteiger partial charge on any atom is -0.463 e. The van der Waals surface area contributed by atoms with Crippen molar-refractivity contribution < 1.29 is 38.1 Å². The fraction of sp³-hybridized carbons (Fsp3) is 0.714. The third kappa shape index (κ3) is 8.61. The van der Waals surface area contributed by atoms with Crippen LogP contribution in [0.2, 0.25) is 0 Å². The first-order valence-corrected chi connectivity index (χ1v) is 19.3. The maximum absolute atomic E-state index is 12.7. The zero-order valence-electron chi connectivity index (χ0n) is 30.4. The second kappa shape index (κ2) is 16.2. The molecule has 6 atom stereocenters.